The Morgan fingerprint density at radius 3 is 2.36 bits per heavy atom. The number of benzene rings is 1. The number of piperidine rings is 1. The molecule has 5 nitrogen and oxygen atoms in total. The van der Waals surface area contributed by atoms with E-state index in [2.05, 4.69) is 72.9 Å². The molecule has 0 bridgehead atoms. The van der Waals surface area contributed by atoms with Crippen LogP contribution in [0.15, 0.2) is 30.3 Å². The van der Waals surface area contributed by atoms with Crippen molar-refractivity contribution in [2.45, 2.75) is 58.8 Å². The summed E-state index contributed by atoms with van der Waals surface area (Å²) in [5, 5.41) is 1.35. The van der Waals surface area contributed by atoms with Gasteiger partial charge in [-0.1, -0.05) is 19.9 Å². The summed E-state index contributed by atoms with van der Waals surface area (Å²) >= 11 is 0. The Morgan fingerprint density at radius 2 is 1.76 bits per heavy atom. The second kappa shape index (κ2) is 8.94. The molecule has 0 atom stereocenters. The molecule has 1 aromatic carbocycles. The van der Waals surface area contributed by atoms with Gasteiger partial charge in [0.1, 0.15) is 0 Å². The van der Waals surface area contributed by atoms with E-state index in [1.54, 1.807) is 0 Å². The maximum Gasteiger partial charge on any atom is 0.236 e. The van der Waals surface area contributed by atoms with Crippen LogP contribution >= 0.6 is 0 Å². The van der Waals surface area contributed by atoms with E-state index in [4.69, 9.17) is 0 Å². The lowest BCUT2D eigenvalue weighted by Crippen LogP contribution is -2.48. The molecule has 5 rings (SSSR count). The Hall–Kier alpha value is -2.66. The van der Waals surface area contributed by atoms with Gasteiger partial charge in [-0.15, -0.1) is 0 Å². The first-order chi connectivity index (χ1) is 15.9. The average molecular weight is 445 g/mol. The zero-order valence-corrected chi connectivity index (χ0v) is 20.4. The van der Waals surface area contributed by atoms with Gasteiger partial charge in [0, 0.05) is 40.9 Å². The van der Waals surface area contributed by atoms with Gasteiger partial charge in [0.25, 0.3) is 0 Å². The number of carbonyl (C=O) groups excluding carboxylic acids is 1. The lowest BCUT2D eigenvalue weighted by molar-refractivity contribution is -0.136. The van der Waals surface area contributed by atoms with E-state index in [0.29, 0.717) is 24.3 Å². The molecule has 2 aromatic heterocycles. The van der Waals surface area contributed by atoms with Crippen LogP contribution in [-0.4, -0.2) is 58.4 Å². The Bertz CT molecular complexity index is 1150. The predicted molar refractivity (Wildman–Crippen MR) is 135 cm³/mol. The van der Waals surface area contributed by atoms with Crippen molar-refractivity contribution in [1.29, 1.82) is 0 Å². The minimum atomic E-state index is 0.309. The van der Waals surface area contributed by atoms with Gasteiger partial charge in [-0.05, 0) is 93.4 Å². The van der Waals surface area contributed by atoms with E-state index >= 15 is 0 Å². The summed E-state index contributed by atoms with van der Waals surface area (Å²) in [6.07, 6.45) is 3.40. The highest BCUT2D eigenvalue weighted by Gasteiger charge is 2.26. The van der Waals surface area contributed by atoms with Gasteiger partial charge >= 0.3 is 0 Å². The first kappa shape index (κ1) is 22.1. The molecule has 1 amide bonds. The molecule has 0 spiro atoms. The molecule has 0 radical (unpaired) electrons. The highest BCUT2D eigenvalue weighted by Crippen LogP contribution is 2.38. The molecule has 5 heteroatoms. The van der Waals surface area contributed by atoms with Gasteiger partial charge < -0.3 is 9.88 Å². The van der Waals surface area contributed by atoms with Gasteiger partial charge in [-0.2, -0.15) is 0 Å². The number of aryl methyl sites for hydroxylation is 2. The fourth-order valence-corrected chi connectivity index (χ4v) is 5.57. The van der Waals surface area contributed by atoms with E-state index in [9.17, 15) is 4.79 Å². The number of fused-ring (bicyclic) bond motifs is 1. The lowest BCUT2D eigenvalue weighted by Gasteiger charge is -2.36. The summed E-state index contributed by atoms with van der Waals surface area (Å²) in [5.41, 5.74) is 8.60. The second-order valence-electron chi connectivity index (χ2n) is 10.3. The van der Waals surface area contributed by atoms with Crippen LogP contribution in [0.5, 0.6) is 0 Å². The predicted octanol–water partition coefficient (Wildman–Crippen LogP) is 5.38. The van der Waals surface area contributed by atoms with Crippen LogP contribution in [0.3, 0.4) is 0 Å². The van der Waals surface area contributed by atoms with E-state index in [-0.39, 0.29) is 0 Å². The van der Waals surface area contributed by atoms with E-state index in [1.807, 2.05) is 4.90 Å². The van der Waals surface area contributed by atoms with E-state index < -0.39 is 0 Å². The first-order valence-corrected chi connectivity index (χ1v) is 12.5. The number of pyridine rings is 1. The van der Waals surface area contributed by atoms with Crippen LogP contribution in [0.4, 0.5) is 0 Å². The number of H-pyrrole nitrogens is 1. The van der Waals surface area contributed by atoms with Gasteiger partial charge in [0.2, 0.25) is 5.91 Å². The quantitative estimate of drug-likeness (QED) is 0.575. The Labute approximate surface area is 197 Å². The molecule has 0 aliphatic carbocycles. The fraction of sp³-hybridized carbons (Fsp3) is 0.500. The van der Waals surface area contributed by atoms with Crippen molar-refractivity contribution in [1.82, 2.24) is 19.8 Å². The second-order valence-corrected chi connectivity index (χ2v) is 10.3. The van der Waals surface area contributed by atoms with Crippen molar-refractivity contribution in [2.75, 3.05) is 32.7 Å². The van der Waals surface area contributed by atoms with Crippen LogP contribution < -0.4 is 0 Å². The van der Waals surface area contributed by atoms with Gasteiger partial charge in [0.15, 0.2) is 0 Å². The maximum atomic E-state index is 12.3. The minimum Gasteiger partial charge on any atom is -0.354 e. The highest BCUT2D eigenvalue weighted by molar-refractivity contribution is 5.92. The van der Waals surface area contributed by atoms with E-state index in [1.165, 1.54) is 33.3 Å². The molecule has 2 aliphatic rings. The smallest absolute Gasteiger partial charge is 0.236 e. The minimum absolute atomic E-state index is 0.309. The number of nitrogens with zero attached hydrogens (tertiary/aromatic N) is 3. The van der Waals surface area contributed by atoms with Crippen molar-refractivity contribution in [2.24, 2.45) is 0 Å². The molecule has 2 fully saturated rings. The van der Waals surface area contributed by atoms with Crippen LogP contribution in [-0.2, 0) is 4.79 Å². The van der Waals surface area contributed by atoms with Crippen LogP contribution in [0, 0.1) is 13.8 Å². The van der Waals surface area contributed by atoms with Gasteiger partial charge in [0.05, 0.1) is 12.2 Å². The molecule has 0 saturated carbocycles. The monoisotopic (exact) mass is 444 g/mol. The number of aromatic amines is 1. The van der Waals surface area contributed by atoms with E-state index in [0.717, 1.165) is 56.8 Å². The largest absolute Gasteiger partial charge is 0.354 e. The SMILES string of the molecule is Cc1cc(-c2[nH]c3ccc(C4CCN(CC(=O)N5CCC5)CC4)cc3c2C(C)C)cc(C)n1. The number of rotatable bonds is 5. The third kappa shape index (κ3) is 4.43. The van der Waals surface area contributed by atoms with Crippen LogP contribution in [0.1, 0.15) is 67.5 Å². The number of hydrogen-bond donors (Lipinski definition) is 1. The fourth-order valence-electron chi connectivity index (χ4n) is 5.57. The Balaban J connectivity index is 1.38. The van der Waals surface area contributed by atoms with Crippen molar-refractivity contribution < 1.29 is 4.79 Å². The number of carbonyl (C=O) groups is 1. The van der Waals surface area contributed by atoms with Crippen molar-refractivity contribution in [3.63, 3.8) is 0 Å². The van der Waals surface area contributed by atoms with Crippen LogP contribution in [0.2, 0.25) is 0 Å². The summed E-state index contributed by atoms with van der Waals surface area (Å²) in [4.78, 5) is 24.9. The average Bonchev–Trinajstić information content (AvgIpc) is 3.11. The normalized spacial score (nSPS) is 17.7. The molecule has 4 heterocycles. The summed E-state index contributed by atoms with van der Waals surface area (Å²) in [6.45, 7) is 13.2. The third-order valence-corrected chi connectivity index (χ3v) is 7.44. The highest BCUT2D eigenvalue weighted by atomic mass is 16.2. The molecule has 33 heavy (non-hydrogen) atoms. The molecule has 1 N–H and O–H groups in total. The number of hydrogen-bond acceptors (Lipinski definition) is 3. The third-order valence-electron chi connectivity index (χ3n) is 7.44. The molecule has 174 valence electrons. The Morgan fingerprint density at radius 1 is 1.06 bits per heavy atom. The summed E-state index contributed by atoms with van der Waals surface area (Å²) < 4.78 is 0. The van der Waals surface area contributed by atoms with Gasteiger partial charge in [-0.25, -0.2) is 0 Å². The van der Waals surface area contributed by atoms with Crippen molar-refractivity contribution in [3.05, 3.63) is 52.8 Å². The zero-order valence-electron chi connectivity index (χ0n) is 20.4. The number of amides is 1. The van der Waals surface area contributed by atoms with Crippen molar-refractivity contribution >= 4 is 16.8 Å². The summed E-state index contributed by atoms with van der Waals surface area (Å²) in [6, 6.07) is 11.4. The zero-order chi connectivity index (χ0) is 23.1. The number of likely N-dealkylation sites (tertiary alicyclic amines) is 2. The Kier molecular flexibility index (Phi) is 6.00. The standard InChI is InChI=1S/C28H36N4O/c1-18(2)27-24-16-22(21-8-12-31(13-9-21)17-26(33)32-10-5-11-32)6-7-25(24)30-28(27)23-14-19(3)29-20(4)15-23/h6-7,14-16,18,21,30H,5,8-13,17H2,1-4H3. The number of aromatic nitrogens is 2. The van der Waals surface area contributed by atoms with Gasteiger partial charge in [-0.3, -0.25) is 14.7 Å². The van der Waals surface area contributed by atoms with Crippen LogP contribution in [0.25, 0.3) is 22.2 Å². The van der Waals surface area contributed by atoms with Crippen molar-refractivity contribution in [3.8, 4) is 11.3 Å². The molecular formula is C28H36N4O. The molecule has 0 unspecified atom stereocenters. The molecule has 2 aliphatic heterocycles. The molecule has 3 aromatic rings. The molecular weight excluding hydrogens is 408 g/mol. The maximum absolute atomic E-state index is 12.3. The lowest BCUT2D eigenvalue weighted by atomic mass is 9.87. The summed E-state index contributed by atoms with van der Waals surface area (Å²) in [5.74, 6) is 1.30. The topological polar surface area (TPSA) is 52.2 Å². The summed E-state index contributed by atoms with van der Waals surface area (Å²) in [7, 11) is 0. The first-order valence-electron chi connectivity index (χ1n) is 12.5. The molecule has 2 saturated heterocycles. The number of nitrogens with one attached hydrogen (secondary N) is 1.